The summed E-state index contributed by atoms with van der Waals surface area (Å²) in [6.07, 6.45) is -0.861. The van der Waals surface area contributed by atoms with E-state index in [4.69, 9.17) is 9.47 Å². The van der Waals surface area contributed by atoms with Crippen molar-refractivity contribution in [1.82, 2.24) is 10.6 Å². The van der Waals surface area contributed by atoms with E-state index >= 15 is 0 Å². The Bertz CT molecular complexity index is 795. The smallest absolute Gasteiger partial charge is 0.191 e. The van der Waals surface area contributed by atoms with Gasteiger partial charge in [0.1, 0.15) is 36.7 Å². The molecule has 0 aromatic heterocycles. The number of aliphatic hydroxyl groups excluding tert-OH is 1. The van der Waals surface area contributed by atoms with Crippen molar-refractivity contribution in [3.63, 3.8) is 0 Å². The number of halogens is 4. The van der Waals surface area contributed by atoms with Crippen LogP contribution in [0, 0.1) is 17.5 Å². The molecule has 3 N–H and O–H groups in total. The molecule has 2 aromatic carbocycles. The second kappa shape index (κ2) is 13.9. The van der Waals surface area contributed by atoms with Gasteiger partial charge in [0.15, 0.2) is 17.5 Å². The molecule has 10 heteroatoms. The van der Waals surface area contributed by atoms with Crippen LogP contribution >= 0.6 is 24.0 Å². The highest BCUT2D eigenvalue weighted by molar-refractivity contribution is 14.0. The molecule has 0 saturated heterocycles. The van der Waals surface area contributed by atoms with Crippen molar-refractivity contribution in [2.45, 2.75) is 13.0 Å². The van der Waals surface area contributed by atoms with Gasteiger partial charge in [0, 0.05) is 12.6 Å². The monoisotopic (exact) mass is 539 g/mol. The number of aliphatic hydroxyl groups is 1. The Morgan fingerprint density at radius 1 is 1.03 bits per heavy atom. The van der Waals surface area contributed by atoms with E-state index in [0.717, 1.165) is 12.1 Å². The average molecular weight is 539 g/mol. The Morgan fingerprint density at radius 2 is 1.73 bits per heavy atom. The lowest BCUT2D eigenvalue weighted by molar-refractivity contribution is 0.114. The number of aliphatic imine (C=N–C) groups is 1. The zero-order valence-corrected chi connectivity index (χ0v) is 18.7. The van der Waals surface area contributed by atoms with Gasteiger partial charge in [-0.2, -0.15) is 0 Å². The summed E-state index contributed by atoms with van der Waals surface area (Å²) in [6, 6.07) is 8.58. The van der Waals surface area contributed by atoms with Crippen LogP contribution in [-0.2, 0) is 0 Å². The number of guanidine groups is 1. The molecule has 0 bridgehead atoms. The van der Waals surface area contributed by atoms with Gasteiger partial charge in [-0.15, -0.1) is 24.0 Å². The fourth-order valence-corrected chi connectivity index (χ4v) is 2.24. The average Bonchev–Trinajstić information content (AvgIpc) is 2.70. The molecule has 0 aliphatic rings. The lowest BCUT2D eigenvalue weighted by Gasteiger charge is -2.14. The van der Waals surface area contributed by atoms with Crippen molar-refractivity contribution in [3.05, 3.63) is 59.9 Å². The number of hydrogen-bond acceptors (Lipinski definition) is 4. The second-order valence-electron chi connectivity index (χ2n) is 5.99. The molecule has 30 heavy (non-hydrogen) atoms. The molecule has 0 aliphatic heterocycles. The first-order valence-corrected chi connectivity index (χ1v) is 9.14. The maximum absolute atomic E-state index is 13.5. The predicted molar refractivity (Wildman–Crippen MR) is 119 cm³/mol. The van der Waals surface area contributed by atoms with Crippen LogP contribution in [0.15, 0.2) is 47.5 Å². The molecule has 0 amide bonds. The van der Waals surface area contributed by atoms with Crippen LogP contribution < -0.4 is 20.1 Å². The quantitative estimate of drug-likeness (QED) is 0.187. The van der Waals surface area contributed by atoms with Gasteiger partial charge in [-0.25, -0.2) is 13.2 Å². The standard InChI is InChI=1S/C20H24F3N3O3.HI/c1-2-24-20(25-9-10-28-19-8-5-15(22)11-18(19)23)26-12-16(27)13-29-17-6-3-14(21)4-7-17;/h3-8,11,16,27H,2,9-10,12-13H2,1H3,(H2,24,25,26);1H. The zero-order chi connectivity index (χ0) is 21.1. The van der Waals surface area contributed by atoms with Crippen molar-refractivity contribution in [2.24, 2.45) is 4.99 Å². The van der Waals surface area contributed by atoms with Crippen LogP contribution in [0.25, 0.3) is 0 Å². The van der Waals surface area contributed by atoms with Gasteiger partial charge in [-0.05, 0) is 43.3 Å². The minimum absolute atomic E-state index is 0. The summed E-state index contributed by atoms with van der Waals surface area (Å²) in [6.45, 7) is 3.00. The lowest BCUT2D eigenvalue weighted by atomic mass is 10.3. The van der Waals surface area contributed by atoms with E-state index in [-0.39, 0.29) is 55.3 Å². The summed E-state index contributed by atoms with van der Waals surface area (Å²) in [5.41, 5.74) is 0. The third kappa shape index (κ3) is 9.53. The Morgan fingerprint density at radius 3 is 2.40 bits per heavy atom. The van der Waals surface area contributed by atoms with E-state index in [0.29, 0.717) is 24.8 Å². The summed E-state index contributed by atoms with van der Waals surface area (Å²) in [4.78, 5) is 4.24. The number of ether oxygens (including phenoxy) is 2. The Kier molecular flexibility index (Phi) is 12.0. The number of nitrogens with zero attached hydrogens (tertiary/aromatic N) is 1. The third-order valence-corrected chi connectivity index (χ3v) is 3.61. The molecule has 166 valence electrons. The van der Waals surface area contributed by atoms with Crippen molar-refractivity contribution in [3.8, 4) is 11.5 Å². The molecule has 2 rings (SSSR count). The highest BCUT2D eigenvalue weighted by atomic mass is 127. The number of nitrogens with one attached hydrogen (secondary N) is 2. The van der Waals surface area contributed by atoms with Crippen LogP contribution in [-0.4, -0.2) is 50.0 Å². The van der Waals surface area contributed by atoms with E-state index in [1.807, 2.05) is 6.92 Å². The first-order valence-electron chi connectivity index (χ1n) is 9.14. The lowest BCUT2D eigenvalue weighted by Crippen LogP contribution is -2.40. The summed E-state index contributed by atoms with van der Waals surface area (Å²) in [7, 11) is 0. The fourth-order valence-electron chi connectivity index (χ4n) is 2.24. The minimum atomic E-state index is -0.861. The van der Waals surface area contributed by atoms with E-state index in [9.17, 15) is 18.3 Å². The van der Waals surface area contributed by atoms with Crippen LogP contribution in [0.2, 0.25) is 0 Å². The van der Waals surface area contributed by atoms with E-state index in [1.54, 1.807) is 0 Å². The Labute approximate surface area is 190 Å². The predicted octanol–water partition coefficient (Wildman–Crippen LogP) is 3.10. The van der Waals surface area contributed by atoms with Gasteiger partial charge < -0.3 is 25.2 Å². The molecular formula is C20H25F3IN3O3. The molecular weight excluding hydrogens is 514 g/mol. The number of benzene rings is 2. The van der Waals surface area contributed by atoms with Crippen molar-refractivity contribution in [1.29, 1.82) is 0 Å². The maximum atomic E-state index is 13.5. The Balaban J connectivity index is 0.00000450. The van der Waals surface area contributed by atoms with Crippen LogP contribution in [0.3, 0.4) is 0 Å². The number of hydrogen-bond donors (Lipinski definition) is 3. The van der Waals surface area contributed by atoms with Crippen LogP contribution in [0.1, 0.15) is 6.92 Å². The highest BCUT2D eigenvalue weighted by Gasteiger charge is 2.07. The van der Waals surface area contributed by atoms with E-state index < -0.39 is 17.7 Å². The highest BCUT2D eigenvalue weighted by Crippen LogP contribution is 2.17. The van der Waals surface area contributed by atoms with E-state index in [2.05, 4.69) is 15.6 Å². The summed E-state index contributed by atoms with van der Waals surface area (Å²) < 4.78 is 49.8. The third-order valence-electron chi connectivity index (χ3n) is 3.61. The maximum Gasteiger partial charge on any atom is 0.191 e. The van der Waals surface area contributed by atoms with Crippen LogP contribution in [0.5, 0.6) is 11.5 Å². The van der Waals surface area contributed by atoms with Gasteiger partial charge in [0.25, 0.3) is 0 Å². The molecule has 0 saturated carbocycles. The molecule has 1 atom stereocenters. The molecule has 0 aliphatic carbocycles. The Hall–Kier alpha value is -2.21. The molecule has 2 aromatic rings. The zero-order valence-electron chi connectivity index (χ0n) is 16.4. The summed E-state index contributed by atoms with van der Waals surface area (Å²) in [5.74, 6) is -0.953. The van der Waals surface area contributed by atoms with Gasteiger partial charge in [-0.3, -0.25) is 4.99 Å². The summed E-state index contributed by atoms with van der Waals surface area (Å²) in [5, 5.41) is 16.0. The first kappa shape index (κ1) is 25.8. The molecule has 0 heterocycles. The SMILES string of the molecule is CCNC(=NCC(O)COc1ccc(F)cc1)NCCOc1ccc(F)cc1F.I. The molecule has 1 unspecified atom stereocenters. The molecule has 6 nitrogen and oxygen atoms in total. The first-order chi connectivity index (χ1) is 14.0. The fraction of sp³-hybridized carbons (Fsp3) is 0.350. The van der Waals surface area contributed by atoms with E-state index in [1.165, 1.54) is 30.3 Å². The van der Waals surface area contributed by atoms with Gasteiger partial charge in [0.2, 0.25) is 0 Å². The van der Waals surface area contributed by atoms with Gasteiger partial charge in [0.05, 0.1) is 13.1 Å². The van der Waals surface area contributed by atoms with Crippen molar-refractivity contribution < 1.29 is 27.8 Å². The second-order valence-corrected chi connectivity index (χ2v) is 5.99. The van der Waals surface area contributed by atoms with Gasteiger partial charge >= 0.3 is 0 Å². The molecule has 0 radical (unpaired) electrons. The van der Waals surface area contributed by atoms with Crippen LogP contribution in [0.4, 0.5) is 13.2 Å². The number of rotatable bonds is 10. The normalized spacial score (nSPS) is 12.0. The summed E-state index contributed by atoms with van der Waals surface area (Å²) >= 11 is 0. The largest absolute Gasteiger partial charge is 0.491 e. The minimum Gasteiger partial charge on any atom is -0.491 e. The molecule has 0 fully saturated rings. The topological polar surface area (TPSA) is 75.1 Å². The van der Waals surface area contributed by atoms with Crippen molar-refractivity contribution >= 4 is 29.9 Å². The van der Waals surface area contributed by atoms with Crippen molar-refractivity contribution in [2.75, 3.05) is 32.8 Å². The van der Waals surface area contributed by atoms with Gasteiger partial charge in [-0.1, -0.05) is 0 Å². The molecule has 0 spiro atoms.